The zero-order valence-corrected chi connectivity index (χ0v) is 7.34. The second kappa shape index (κ2) is 4.34. The van der Waals surface area contributed by atoms with Crippen LogP contribution >= 0.6 is 24.8 Å². The maximum atomic E-state index is 5.57. The molecule has 2 N–H and O–H groups in total. The summed E-state index contributed by atoms with van der Waals surface area (Å²) in [4.78, 5) is 2.24. The van der Waals surface area contributed by atoms with E-state index >= 15 is 0 Å². The second-order valence-corrected chi connectivity index (χ2v) is 2.34. The van der Waals surface area contributed by atoms with Crippen molar-refractivity contribution in [2.24, 2.45) is 5.73 Å². The molecule has 9 heavy (non-hydrogen) atoms. The Labute approximate surface area is 68.6 Å². The average molecular weight is 173 g/mol. The number of rotatable bonds is 0. The Bertz CT molecular complexity index is 71.4. The number of nitrogens with two attached hydrogens (primary N) is 1. The summed E-state index contributed by atoms with van der Waals surface area (Å²) in [5, 5.41) is 0. The molecular weight excluding hydrogens is 159 g/mol. The van der Waals surface area contributed by atoms with E-state index < -0.39 is 0 Å². The summed E-state index contributed by atoms with van der Waals surface area (Å²) in [6.45, 7) is 3.22. The van der Waals surface area contributed by atoms with Crippen LogP contribution in [0.3, 0.4) is 0 Å². The molecule has 2 atom stereocenters. The minimum Gasteiger partial charge on any atom is -0.325 e. The Kier molecular flexibility index (Phi) is 5.88. The molecule has 1 aliphatic rings. The first-order valence-electron chi connectivity index (χ1n) is 2.67. The van der Waals surface area contributed by atoms with Gasteiger partial charge in [-0.15, -0.1) is 24.8 Å². The number of halogens is 2. The molecule has 2 unspecified atom stereocenters. The highest BCUT2D eigenvalue weighted by molar-refractivity contribution is 5.85. The van der Waals surface area contributed by atoms with Crippen molar-refractivity contribution in [1.29, 1.82) is 0 Å². The van der Waals surface area contributed by atoms with Gasteiger partial charge in [-0.05, 0) is 14.0 Å². The maximum Gasteiger partial charge on any atom is 0.0323 e. The minimum absolute atomic E-state index is 0. The van der Waals surface area contributed by atoms with E-state index in [2.05, 4.69) is 18.9 Å². The topological polar surface area (TPSA) is 29.3 Å². The first-order valence-corrected chi connectivity index (χ1v) is 2.67. The Hall–Kier alpha value is 0.500. The molecule has 0 aromatic carbocycles. The molecule has 4 heteroatoms. The lowest BCUT2D eigenvalue weighted by molar-refractivity contribution is 0.109. The van der Waals surface area contributed by atoms with Crippen LogP contribution in [-0.4, -0.2) is 30.6 Å². The fourth-order valence-corrected chi connectivity index (χ4v) is 0.840. The van der Waals surface area contributed by atoms with E-state index in [1.165, 1.54) is 0 Å². The highest BCUT2D eigenvalue weighted by Gasteiger charge is 2.28. The predicted octanol–water partition coefficient (Wildman–Crippen LogP) is 0.491. The average Bonchev–Trinajstić information content (AvgIpc) is 1.68. The molecule has 1 heterocycles. The van der Waals surface area contributed by atoms with E-state index in [1.54, 1.807) is 0 Å². The van der Waals surface area contributed by atoms with E-state index in [4.69, 9.17) is 5.73 Å². The number of likely N-dealkylation sites (N-methyl/N-ethyl adjacent to an activating group) is 1. The van der Waals surface area contributed by atoms with Crippen LogP contribution in [0.25, 0.3) is 0 Å². The molecule has 0 aliphatic carbocycles. The summed E-state index contributed by atoms with van der Waals surface area (Å²) < 4.78 is 0. The Balaban J connectivity index is 0. The van der Waals surface area contributed by atoms with Gasteiger partial charge < -0.3 is 10.6 Å². The molecule has 0 aromatic heterocycles. The van der Waals surface area contributed by atoms with Crippen LogP contribution in [0.2, 0.25) is 0 Å². The smallest absolute Gasteiger partial charge is 0.0323 e. The predicted molar refractivity (Wildman–Crippen MR) is 44.6 cm³/mol. The fourth-order valence-electron chi connectivity index (χ4n) is 0.840. The molecule has 1 aliphatic heterocycles. The number of nitrogens with zero attached hydrogens (tertiary/aromatic N) is 1. The number of hydrogen-bond donors (Lipinski definition) is 1. The van der Waals surface area contributed by atoms with Crippen LogP contribution in [0.4, 0.5) is 0 Å². The third-order valence-electron chi connectivity index (χ3n) is 1.81. The van der Waals surface area contributed by atoms with Crippen LogP contribution in [0, 0.1) is 0 Å². The van der Waals surface area contributed by atoms with Crippen molar-refractivity contribution in [2.45, 2.75) is 19.0 Å². The molecule has 0 spiro atoms. The molecule has 2 nitrogen and oxygen atoms in total. The summed E-state index contributed by atoms with van der Waals surface area (Å²) in [6, 6.07) is 1.05. The monoisotopic (exact) mass is 172 g/mol. The summed E-state index contributed by atoms with van der Waals surface area (Å²) in [6.07, 6.45) is 0. The molecule has 0 amide bonds. The Morgan fingerprint density at radius 2 is 1.89 bits per heavy atom. The fraction of sp³-hybridized carbons (Fsp3) is 1.00. The van der Waals surface area contributed by atoms with Gasteiger partial charge in [0.15, 0.2) is 0 Å². The van der Waals surface area contributed by atoms with Gasteiger partial charge in [0.2, 0.25) is 0 Å². The third-order valence-corrected chi connectivity index (χ3v) is 1.81. The zero-order chi connectivity index (χ0) is 5.44. The Morgan fingerprint density at radius 1 is 1.44 bits per heavy atom. The lowest BCUT2D eigenvalue weighted by Crippen LogP contribution is -2.60. The van der Waals surface area contributed by atoms with Crippen molar-refractivity contribution in [2.75, 3.05) is 13.6 Å². The standard InChI is InChI=1S/C5H12N2.2ClH/c1-4-5(6)3-7(4)2;;/h4-5H,3,6H2,1-2H3;2*1H. The molecule has 0 bridgehead atoms. The van der Waals surface area contributed by atoms with Crippen molar-refractivity contribution >= 4 is 24.8 Å². The highest BCUT2D eigenvalue weighted by atomic mass is 35.5. The van der Waals surface area contributed by atoms with Gasteiger partial charge in [0.25, 0.3) is 0 Å². The van der Waals surface area contributed by atoms with E-state index in [-0.39, 0.29) is 24.8 Å². The normalized spacial score (nSPS) is 33.7. The molecule has 0 saturated carbocycles. The lowest BCUT2D eigenvalue weighted by Gasteiger charge is -2.41. The molecule has 1 saturated heterocycles. The minimum atomic E-state index is 0. The SMILES string of the molecule is CC1C(N)CN1C.Cl.Cl. The summed E-state index contributed by atoms with van der Waals surface area (Å²) in [5.74, 6) is 0. The molecule has 1 fully saturated rings. The van der Waals surface area contributed by atoms with Crippen LogP contribution in [0.15, 0.2) is 0 Å². The maximum absolute atomic E-state index is 5.57. The van der Waals surface area contributed by atoms with Gasteiger partial charge in [-0.1, -0.05) is 0 Å². The first-order chi connectivity index (χ1) is 3.22. The molecular formula is C5H14Cl2N2. The zero-order valence-electron chi connectivity index (χ0n) is 5.70. The van der Waals surface area contributed by atoms with Gasteiger partial charge in [0, 0.05) is 18.6 Å². The van der Waals surface area contributed by atoms with Crippen LogP contribution in [-0.2, 0) is 0 Å². The van der Waals surface area contributed by atoms with Gasteiger partial charge >= 0.3 is 0 Å². The summed E-state index contributed by atoms with van der Waals surface area (Å²) >= 11 is 0. The highest BCUT2D eigenvalue weighted by Crippen LogP contribution is 2.10. The van der Waals surface area contributed by atoms with Gasteiger partial charge in [0.05, 0.1) is 0 Å². The largest absolute Gasteiger partial charge is 0.325 e. The Morgan fingerprint density at radius 3 is 1.89 bits per heavy atom. The molecule has 1 rings (SSSR count). The summed E-state index contributed by atoms with van der Waals surface area (Å²) in [5.41, 5.74) is 5.57. The van der Waals surface area contributed by atoms with E-state index in [0.29, 0.717) is 12.1 Å². The number of likely N-dealkylation sites (tertiary alicyclic amines) is 1. The first kappa shape index (κ1) is 12.2. The van der Waals surface area contributed by atoms with Crippen molar-refractivity contribution in [3.05, 3.63) is 0 Å². The van der Waals surface area contributed by atoms with Gasteiger partial charge in [-0.2, -0.15) is 0 Å². The van der Waals surface area contributed by atoms with E-state index in [9.17, 15) is 0 Å². The van der Waals surface area contributed by atoms with E-state index in [1.807, 2.05) is 0 Å². The van der Waals surface area contributed by atoms with Crippen molar-refractivity contribution in [3.8, 4) is 0 Å². The van der Waals surface area contributed by atoms with Crippen LogP contribution in [0.5, 0.6) is 0 Å². The van der Waals surface area contributed by atoms with Crippen molar-refractivity contribution < 1.29 is 0 Å². The van der Waals surface area contributed by atoms with Crippen molar-refractivity contribution in [1.82, 2.24) is 4.90 Å². The number of hydrogen-bond acceptors (Lipinski definition) is 2. The van der Waals surface area contributed by atoms with Crippen molar-refractivity contribution in [3.63, 3.8) is 0 Å². The van der Waals surface area contributed by atoms with Crippen LogP contribution < -0.4 is 5.73 Å². The van der Waals surface area contributed by atoms with E-state index in [0.717, 1.165) is 6.54 Å². The quantitative estimate of drug-likeness (QED) is 0.577. The molecule has 58 valence electrons. The van der Waals surface area contributed by atoms with Crippen LogP contribution in [0.1, 0.15) is 6.92 Å². The molecule has 0 radical (unpaired) electrons. The lowest BCUT2D eigenvalue weighted by atomic mass is 10.0. The van der Waals surface area contributed by atoms with Gasteiger partial charge in [-0.25, -0.2) is 0 Å². The van der Waals surface area contributed by atoms with Gasteiger partial charge in [0.1, 0.15) is 0 Å². The van der Waals surface area contributed by atoms with Gasteiger partial charge in [-0.3, -0.25) is 0 Å². The third kappa shape index (κ3) is 2.30. The summed E-state index contributed by atoms with van der Waals surface area (Å²) in [7, 11) is 2.09. The molecule has 0 aromatic rings. The second-order valence-electron chi connectivity index (χ2n) is 2.34.